The summed E-state index contributed by atoms with van der Waals surface area (Å²) in [6, 6.07) is 16.6. The monoisotopic (exact) mass is 349 g/mol. The van der Waals surface area contributed by atoms with Crippen LogP contribution in [0.25, 0.3) is 0 Å². The molecule has 5 radical (unpaired) electrons. The van der Waals surface area contributed by atoms with Crippen molar-refractivity contribution in [3.8, 4) is 0 Å². The maximum absolute atomic E-state index is 12.6. The van der Waals surface area contributed by atoms with E-state index in [-0.39, 0.29) is 23.9 Å². The Labute approximate surface area is 154 Å². The Morgan fingerprint density at radius 3 is 2.04 bits per heavy atom. The van der Waals surface area contributed by atoms with E-state index in [1.165, 1.54) is 0 Å². The normalized spacial score (nSPS) is 15.9. The van der Waals surface area contributed by atoms with Crippen LogP contribution in [0.2, 0.25) is 5.02 Å². The van der Waals surface area contributed by atoms with Crippen molar-refractivity contribution in [3.05, 3.63) is 102 Å². The number of benzene rings is 2. The number of hydrogen-bond acceptors (Lipinski definition) is 2. The van der Waals surface area contributed by atoms with Gasteiger partial charge in [-0.2, -0.15) is 0 Å². The summed E-state index contributed by atoms with van der Waals surface area (Å²) in [5, 5.41) is 0.638. The summed E-state index contributed by atoms with van der Waals surface area (Å²) in [7, 11) is 0. The number of halogens is 1. The minimum absolute atomic E-state index is 0.0378. The third-order valence-corrected chi connectivity index (χ3v) is 4.54. The first kappa shape index (κ1) is 17.9. The summed E-state index contributed by atoms with van der Waals surface area (Å²) >= 11 is 5.97. The molecule has 0 bridgehead atoms. The van der Waals surface area contributed by atoms with E-state index in [2.05, 4.69) is 0 Å². The molecule has 1 aliphatic rings. The molecule has 0 N–H and O–H groups in total. The second-order valence-electron chi connectivity index (χ2n) is 6.04. The highest BCUT2D eigenvalue weighted by atomic mass is 35.5. The highest BCUT2D eigenvalue weighted by Gasteiger charge is 2.28. The number of ketones is 2. The molecule has 2 aromatic carbocycles. The van der Waals surface area contributed by atoms with Crippen LogP contribution in [0.1, 0.15) is 34.7 Å². The molecule has 3 heteroatoms. The molecule has 1 unspecified atom stereocenters. The van der Waals surface area contributed by atoms with E-state index in [9.17, 15) is 9.59 Å². The molecule has 0 spiro atoms. The molecular formula is C22H18ClO2. The van der Waals surface area contributed by atoms with E-state index in [0.29, 0.717) is 22.9 Å². The molecule has 1 fully saturated rings. The van der Waals surface area contributed by atoms with Gasteiger partial charge in [-0.3, -0.25) is 9.59 Å². The highest BCUT2D eigenvalue weighted by Crippen LogP contribution is 2.32. The minimum Gasteiger partial charge on any atom is -0.299 e. The van der Waals surface area contributed by atoms with E-state index in [0.717, 1.165) is 5.56 Å². The summed E-state index contributed by atoms with van der Waals surface area (Å²) in [6.07, 6.45) is 7.89. The van der Waals surface area contributed by atoms with Gasteiger partial charge < -0.3 is 0 Å². The summed E-state index contributed by atoms with van der Waals surface area (Å²) in [5.41, 5.74) is 1.62. The van der Waals surface area contributed by atoms with Gasteiger partial charge in [0.1, 0.15) is 5.78 Å². The quantitative estimate of drug-likeness (QED) is 0.654. The SMILES string of the molecule is O=C(CC(CC(=O)c1ccccc1)c1ccc(Cl)cc1)[C]1[CH][CH][CH][CH]1. The number of Topliss-reactive ketones (excluding diaryl/α,β-unsaturated/α-hetero) is 2. The van der Waals surface area contributed by atoms with Crippen LogP contribution in [0.15, 0.2) is 54.6 Å². The molecular weight excluding hydrogens is 332 g/mol. The Bertz CT molecular complexity index is 715. The molecule has 0 aromatic heterocycles. The Balaban J connectivity index is 1.77. The van der Waals surface area contributed by atoms with Crippen molar-refractivity contribution in [3.63, 3.8) is 0 Å². The number of carbonyl (C=O) groups is 2. The third kappa shape index (κ3) is 4.79. The van der Waals surface area contributed by atoms with Crippen LogP contribution < -0.4 is 0 Å². The van der Waals surface area contributed by atoms with Crippen LogP contribution in [0, 0.1) is 31.6 Å². The molecule has 25 heavy (non-hydrogen) atoms. The van der Waals surface area contributed by atoms with Crippen molar-refractivity contribution >= 4 is 23.2 Å². The van der Waals surface area contributed by atoms with Crippen LogP contribution in [0.4, 0.5) is 0 Å². The van der Waals surface area contributed by atoms with Crippen molar-refractivity contribution < 1.29 is 9.59 Å². The maximum Gasteiger partial charge on any atom is 0.163 e. The minimum atomic E-state index is -0.174. The molecule has 2 nitrogen and oxygen atoms in total. The lowest BCUT2D eigenvalue weighted by atomic mass is 9.84. The van der Waals surface area contributed by atoms with Gasteiger partial charge >= 0.3 is 0 Å². The summed E-state index contributed by atoms with van der Waals surface area (Å²) in [5.74, 6) is 0.597. The molecule has 1 atom stereocenters. The standard InChI is InChI=1S/C22H18ClO2/c23-20-12-10-16(11-13-20)19(15-22(25)18-8-4-5-9-18)14-21(24)17-6-2-1-3-7-17/h1-13,19H,14-15H2. The van der Waals surface area contributed by atoms with Gasteiger partial charge in [-0.25, -0.2) is 0 Å². The summed E-state index contributed by atoms with van der Waals surface area (Å²) < 4.78 is 0. The zero-order valence-corrected chi connectivity index (χ0v) is 14.4. The first-order valence-corrected chi connectivity index (χ1v) is 8.60. The Morgan fingerprint density at radius 1 is 0.800 bits per heavy atom. The number of carbonyl (C=O) groups excluding carboxylic acids is 2. The molecule has 1 aliphatic carbocycles. The van der Waals surface area contributed by atoms with Gasteiger partial charge in [0, 0.05) is 29.3 Å². The predicted octanol–water partition coefficient (Wildman–Crippen LogP) is 5.06. The zero-order chi connectivity index (χ0) is 17.6. The average molecular weight is 350 g/mol. The molecule has 0 amide bonds. The first-order valence-electron chi connectivity index (χ1n) is 8.22. The molecule has 0 saturated heterocycles. The molecule has 1 saturated carbocycles. The summed E-state index contributed by atoms with van der Waals surface area (Å²) in [4.78, 5) is 25.2. The second kappa shape index (κ2) is 8.44. The number of rotatable bonds is 7. The lowest BCUT2D eigenvalue weighted by molar-refractivity contribution is -0.117. The van der Waals surface area contributed by atoms with Gasteiger partial charge in [0.25, 0.3) is 0 Å². The van der Waals surface area contributed by atoms with Gasteiger partial charge in [-0.1, -0.05) is 54.1 Å². The smallest absolute Gasteiger partial charge is 0.163 e. The van der Waals surface area contributed by atoms with Crippen LogP contribution >= 0.6 is 11.6 Å². The Hall–Kier alpha value is -1.93. The molecule has 3 rings (SSSR count). The lowest BCUT2D eigenvalue weighted by Gasteiger charge is -2.18. The van der Waals surface area contributed by atoms with Gasteiger partial charge in [0.05, 0.1) is 0 Å². The van der Waals surface area contributed by atoms with Crippen LogP contribution in [0.5, 0.6) is 0 Å². The Morgan fingerprint density at radius 2 is 1.40 bits per heavy atom. The largest absolute Gasteiger partial charge is 0.299 e. The van der Waals surface area contributed by atoms with Crippen LogP contribution in [-0.4, -0.2) is 11.6 Å². The third-order valence-electron chi connectivity index (χ3n) is 4.29. The maximum atomic E-state index is 12.6. The fourth-order valence-electron chi connectivity index (χ4n) is 2.91. The fourth-order valence-corrected chi connectivity index (χ4v) is 3.04. The van der Waals surface area contributed by atoms with E-state index in [4.69, 9.17) is 11.6 Å². The molecule has 2 aromatic rings. The van der Waals surface area contributed by atoms with E-state index in [1.807, 2.05) is 43.2 Å². The zero-order valence-electron chi connectivity index (χ0n) is 13.7. The topological polar surface area (TPSA) is 34.1 Å². The van der Waals surface area contributed by atoms with Crippen molar-refractivity contribution in [2.45, 2.75) is 18.8 Å². The predicted molar refractivity (Wildman–Crippen MR) is 99.6 cm³/mol. The van der Waals surface area contributed by atoms with Crippen molar-refractivity contribution in [2.24, 2.45) is 0 Å². The molecule has 0 heterocycles. The van der Waals surface area contributed by atoms with Gasteiger partial charge in [0.2, 0.25) is 0 Å². The first-order chi connectivity index (χ1) is 12.1. The molecule has 125 valence electrons. The van der Waals surface area contributed by atoms with E-state index in [1.54, 1.807) is 37.1 Å². The van der Waals surface area contributed by atoms with Crippen molar-refractivity contribution in [2.75, 3.05) is 0 Å². The second-order valence-corrected chi connectivity index (χ2v) is 6.48. The van der Waals surface area contributed by atoms with Gasteiger partial charge in [0.15, 0.2) is 5.78 Å². The highest BCUT2D eigenvalue weighted by molar-refractivity contribution is 6.30. The lowest BCUT2D eigenvalue weighted by Crippen LogP contribution is -2.16. The van der Waals surface area contributed by atoms with Crippen molar-refractivity contribution in [1.29, 1.82) is 0 Å². The van der Waals surface area contributed by atoms with Crippen molar-refractivity contribution in [1.82, 2.24) is 0 Å². The van der Waals surface area contributed by atoms with Gasteiger partial charge in [-0.15, -0.1) is 0 Å². The van der Waals surface area contributed by atoms with E-state index >= 15 is 0 Å². The Kier molecular flexibility index (Phi) is 6.04. The van der Waals surface area contributed by atoms with Crippen LogP contribution in [0.3, 0.4) is 0 Å². The van der Waals surface area contributed by atoms with Crippen LogP contribution in [-0.2, 0) is 4.79 Å². The van der Waals surface area contributed by atoms with E-state index < -0.39 is 0 Å². The van der Waals surface area contributed by atoms with Gasteiger partial charge in [-0.05, 0) is 49.3 Å². The fraction of sp³-hybridized carbons (Fsp3) is 0.136. The summed E-state index contributed by atoms with van der Waals surface area (Å²) in [6.45, 7) is 0. The average Bonchev–Trinajstić information content (AvgIpc) is 3.17. The number of hydrogen-bond donors (Lipinski definition) is 0. The molecule has 0 aliphatic heterocycles.